The molecule has 3 nitrogen and oxygen atoms in total. The molecule has 0 N–H and O–H groups in total. The second-order valence-corrected chi connectivity index (χ2v) is 7.17. The molecule has 7 atom stereocenters. The van der Waals surface area contributed by atoms with Crippen molar-refractivity contribution >= 4 is 17.3 Å². The maximum atomic E-state index is 12.3. The molecule has 0 heterocycles. The summed E-state index contributed by atoms with van der Waals surface area (Å²) in [5.74, 6) is 1.82. The van der Waals surface area contributed by atoms with Gasteiger partial charge in [0.2, 0.25) is 11.6 Å². The summed E-state index contributed by atoms with van der Waals surface area (Å²) in [4.78, 5) is 36.6. The number of hydrogen-bond donors (Lipinski definition) is 0. The zero-order valence-corrected chi connectivity index (χ0v) is 11.3. The lowest BCUT2D eigenvalue weighted by Gasteiger charge is -2.52. The van der Waals surface area contributed by atoms with Crippen molar-refractivity contribution in [1.29, 1.82) is 0 Å². The quantitative estimate of drug-likeness (QED) is 0.626. The zero-order valence-electron chi connectivity index (χ0n) is 11.3. The van der Waals surface area contributed by atoms with E-state index in [-0.39, 0.29) is 35.2 Å². The number of carbonyl (C=O) groups excluding carboxylic acids is 3. The van der Waals surface area contributed by atoms with Crippen molar-refractivity contribution in [2.45, 2.75) is 39.0 Å². The van der Waals surface area contributed by atoms with Crippen molar-refractivity contribution in [3.8, 4) is 0 Å². The highest BCUT2D eigenvalue weighted by Gasteiger charge is 2.61. The smallest absolute Gasteiger partial charge is 0.202 e. The summed E-state index contributed by atoms with van der Waals surface area (Å²) >= 11 is 0. The van der Waals surface area contributed by atoms with Crippen LogP contribution in [0.2, 0.25) is 0 Å². The van der Waals surface area contributed by atoms with Crippen molar-refractivity contribution in [3.05, 3.63) is 0 Å². The van der Waals surface area contributed by atoms with Gasteiger partial charge in [0.05, 0.1) is 0 Å². The first-order valence-corrected chi connectivity index (χ1v) is 7.70. The van der Waals surface area contributed by atoms with Gasteiger partial charge in [-0.15, -0.1) is 0 Å². The number of rotatable bonds is 0. The van der Waals surface area contributed by atoms with Gasteiger partial charge in [-0.3, -0.25) is 14.4 Å². The van der Waals surface area contributed by atoms with Crippen molar-refractivity contribution in [2.24, 2.45) is 41.4 Å². The molecule has 0 aromatic carbocycles. The Morgan fingerprint density at radius 1 is 0.789 bits per heavy atom. The van der Waals surface area contributed by atoms with Gasteiger partial charge in [0.25, 0.3) is 0 Å². The Labute approximate surface area is 113 Å². The molecule has 4 aliphatic carbocycles. The summed E-state index contributed by atoms with van der Waals surface area (Å²) in [6.45, 7) is 2.18. The Balaban J connectivity index is 1.79. The Bertz CT molecular complexity index is 464. The van der Waals surface area contributed by atoms with Gasteiger partial charge in [-0.25, -0.2) is 0 Å². The molecule has 0 amide bonds. The average molecular weight is 260 g/mol. The van der Waals surface area contributed by atoms with Crippen LogP contribution in [0.15, 0.2) is 0 Å². The van der Waals surface area contributed by atoms with Gasteiger partial charge < -0.3 is 0 Å². The summed E-state index contributed by atoms with van der Waals surface area (Å²) in [6.07, 6.45) is 4.27. The number of ketones is 3. The van der Waals surface area contributed by atoms with Crippen LogP contribution in [0.5, 0.6) is 0 Å². The zero-order chi connectivity index (χ0) is 13.3. The maximum absolute atomic E-state index is 12.3. The highest BCUT2D eigenvalue weighted by Crippen LogP contribution is 2.59. The monoisotopic (exact) mass is 260 g/mol. The Morgan fingerprint density at radius 3 is 2.05 bits per heavy atom. The van der Waals surface area contributed by atoms with E-state index < -0.39 is 0 Å². The van der Waals surface area contributed by atoms with Gasteiger partial charge in [0.15, 0.2) is 0 Å². The normalized spacial score (nSPS) is 52.3. The van der Waals surface area contributed by atoms with Crippen LogP contribution in [0.4, 0.5) is 0 Å². The largest absolute Gasteiger partial charge is 0.299 e. The van der Waals surface area contributed by atoms with E-state index in [0.29, 0.717) is 23.5 Å². The van der Waals surface area contributed by atoms with Gasteiger partial charge in [-0.1, -0.05) is 6.92 Å². The molecule has 0 aromatic rings. The minimum Gasteiger partial charge on any atom is -0.299 e. The van der Waals surface area contributed by atoms with Crippen LogP contribution in [0.3, 0.4) is 0 Å². The number of hydrogen-bond acceptors (Lipinski definition) is 3. The van der Waals surface area contributed by atoms with Gasteiger partial charge in [0, 0.05) is 24.2 Å². The summed E-state index contributed by atoms with van der Waals surface area (Å²) < 4.78 is 0. The van der Waals surface area contributed by atoms with E-state index in [1.165, 1.54) is 0 Å². The molecule has 0 bridgehead atoms. The van der Waals surface area contributed by atoms with Crippen LogP contribution >= 0.6 is 0 Å². The lowest BCUT2D eigenvalue weighted by atomic mass is 9.50. The van der Waals surface area contributed by atoms with E-state index in [1.807, 2.05) is 0 Å². The number of Topliss-reactive ketones (excluding diaryl/α,β-unsaturated/α-hetero) is 3. The predicted octanol–water partition coefficient (Wildman–Crippen LogP) is 2.03. The fourth-order valence-electron chi connectivity index (χ4n) is 5.81. The standard InChI is InChI=1S/C16H20O3/c1-7-6-12(17)9-3-5-11-14-10(15(18)16(11)19)4-2-8(7)13(9)14/h7-11,13-14H,2-6H2,1H3. The molecule has 4 fully saturated rings. The third-order valence-electron chi connectivity index (χ3n) is 6.52. The van der Waals surface area contributed by atoms with Gasteiger partial charge in [-0.2, -0.15) is 0 Å². The van der Waals surface area contributed by atoms with E-state index in [0.717, 1.165) is 32.1 Å². The lowest BCUT2D eigenvalue weighted by molar-refractivity contribution is -0.143. The minimum absolute atomic E-state index is 0.0420. The molecule has 0 aliphatic heterocycles. The van der Waals surface area contributed by atoms with Crippen LogP contribution in [-0.2, 0) is 14.4 Å². The minimum atomic E-state index is -0.111. The molecular weight excluding hydrogens is 240 g/mol. The first-order valence-electron chi connectivity index (χ1n) is 7.70. The summed E-state index contributed by atoms with van der Waals surface area (Å²) in [5.41, 5.74) is 0. The molecule has 19 heavy (non-hydrogen) atoms. The van der Waals surface area contributed by atoms with E-state index in [9.17, 15) is 14.4 Å². The SMILES string of the molecule is CC1CC(=O)C2CCC3C(=O)C(=O)C4CCC1C2C34. The van der Waals surface area contributed by atoms with E-state index in [2.05, 4.69) is 6.92 Å². The van der Waals surface area contributed by atoms with Crippen molar-refractivity contribution in [3.63, 3.8) is 0 Å². The topological polar surface area (TPSA) is 51.2 Å². The van der Waals surface area contributed by atoms with E-state index in [4.69, 9.17) is 0 Å². The molecular formula is C16H20O3. The first-order chi connectivity index (χ1) is 9.09. The molecule has 0 spiro atoms. The molecule has 0 saturated heterocycles. The third-order valence-corrected chi connectivity index (χ3v) is 6.52. The fraction of sp³-hybridized carbons (Fsp3) is 0.812. The average Bonchev–Trinajstić information content (AvgIpc) is 2.65. The van der Waals surface area contributed by atoms with Gasteiger partial charge in [0.1, 0.15) is 5.78 Å². The van der Waals surface area contributed by atoms with Crippen LogP contribution in [0.25, 0.3) is 0 Å². The molecule has 0 radical (unpaired) electrons. The summed E-state index contributed by atoms with van der Waals surface area (Å²) in [6, 6.07) is 0. The Morgan fingerprint density at radius 2 is 1.37 bits per heavy atom. The highest BCUT2D eigenvalue weighted by atomic mass is 16.2. The summed E-state index contributed by atoms with van der Waals surface area (Å²) in [7, 11) is 0. The van der Waals surface area contributed by atoms with Crippen molar-refractivity contribution in [2.75, 3.05) is 0 Å². The molecule has 3 heteroatoms. The van der Waals surface area contributed by atoms with E-state index >= 15 is 0 Å². The fourth-order valence-corrected chi connectivity index (χ4v) is 5.81. The van der Waals surface area contributed by atoms with Crippen LogP contribution in [0, 0.1) is 41.4 Å². The lowest BCUT2D eigenvalue weighted by Crippen LogP contribution is -2.51. The Hall–Kier alpha value is -0.990. The van der Waals surface area contributed by atoms with Crippen LogP contribution < -0.4 is 0 Å². The summed E-state index contributed by atoms with van der Waals surface area (Å²) in [5, 5.41) is 0. The van der Waals surface area contributed by atoms with E-state index in [1.54, 1.807) is 0 Å². The molecule has 7 unspecified atom stereocenters. The van der Waals surface area contributed by atoms with Crippen LogP contribution in [0.1, 0.15) is 39.0 Å². The Kier molecular flexibility index (Phi) is 2.34. The second kappa shape index (κ2) is 3.77. The van der Waals surface area contributed by atoms with Crippen LogP contribution in [-0.4, -0.2) is 17.3 Å². The van der Waals surface area contributed by atoms with Crippen molar-refractivity contribution < 1.29 is 14.4 Å². The molecule has 4 saturated carbocycles. The third kappa shape index (κ3) is 1.36. The van der Waals surface area contributed by atoms with Gasteiger partial charge in [-0.05, 0) is 49.4 Å². The maximum Gasteiger partial charge on any atom is 0.202 e. The van der Waals surface area contributed by atoms with Gasteiger partial charge >= 0.3 is 0 Å². The second-order valence-electron chi connectivity index (χ2n) is 7.17. The van der Waals surface area contributed by atoms with Crippen molar-refractivity contribution in [1.82, 2.24) is 0 Å². The first kappa shape index (κ1) is 11.8. The predicted molar refractivity (Wildman–Crippen MR) is 68.2 cm³/mol. The number of carbonyl (C=O) groups is 3. The molecule has 102 valence electrons. The highest BCUT2D eigenvalue weighted by molar-refractivity contribution is 6.41. The molecule has 4 rings (SSSR count). The molecule has 4 aliphatic rings. The molecule has 0 aromatic heterocycles.